The van der Waals surface area contributed by atoms with Gasteiger partial charge >= 0.3 is 5.97 Å². The van der Waals surface area contributed by atoms with Crippen molar-refractivity contribution in [1.82, 2.24) is 0 Å². The number of benzene rings is 1. The monoisotopic (exact) mass is 224 g/mol. The van der Waals surface area contributed by atoms with E-state index in [4.69, 9.17) is 14.2 Å². The fourth-order valence-electron chi connectivity index (χ4n) is 1.51. The lowest BCUT2D eigenvalue weighted by Crippen LogP contribution is -2.16. The molecule has 0 aromatic heterocycles. The molecule has 0 bridgehead atoms. The second-order valence-electron chi connectivity index (χ2n) is 3.19. The van der Waals surface area contributed by atoms with Gasteiger partial charge in [-0.3, -0.25) is 0 Å². The zero-order chi connectivity index (χ0) is 11.5. The molecule has 1 aromatic carbocycles. The number of carbonyl (C=O) groups is 1. The molecule has 0 amide bonds. The topological polar surface area (TPSA) is 54.0 Å². The molecule has 86 valence electrons. The molecule has 1 aliphatic rings. The van der Waals surface area contributed by atoms with Crippen molar-refractivity contribution in [1.29, 1.82) is 0 Å². The summed E-state index contributed by atoms with van der Waals surface area (Å²) in [5.74, 6) is 1.06. The van der Waals surface area contributed by atoms with Crippen LogP contribution in [0, 0.1) is 0 Å². The van der Waals surface area contributed by atoms with Crippen LogP contribution in [0.25, 0.3) is 0 Å². The minimum atomic E-state index is -0.464. The maximum Gasteiger partial charge on any atom is 0.341 e. The average Bonchev–Trinajstić information content (AvgIpc) is 2.36. The van der Waals surface area contributed by atoms with Crippen LogP contribution in [0.4, 0.5) is 0 Å². The van der Waals surface area contributed by atoms with Crippen LogP contribution in [-0.2, 0) is 4.74 Å². The van der Waals surface area contributed by atoms with Crippen molar-refractivity contribution < 1.29 is 23.7 Å². The van der Waals surface area contributed by atoms with Gasteiger partial charge in [-0.25, -0.2) is 4.79 Å². The Bertz CT molecular complexity index is 413. The second-order valence-corrected chi connectivity index (χ2v) is 3.19. The molecule has 0 aliphatic carbocycles. The van der Waals surface area contributed by atoms with E-state index in [-0.39, 0.29) is 0 Å². The zero-order valence-electron chi connectivity index (χ0n) is 9.11. The first-order chi connectivity index (χ1) is 7.76. The lowest BCUT2D eigenvalue weighted by Gasteiger charge is -2.20. The summed E-state index contributed by atoms with van der Waals surface area (Å²) >= 11 is 0. The van der Waals surface area contributed by atoms with Crippen molar-refractivity contribution in [3.05, 3.63) is 17.7 Å². The summed E-state index contributed by atoms with van der Waals surface area (Å²) < 4.78 is 20.5. The molecule has 0 unspecified atom stereocenters. The lowest BCUT2D eigenvalue weighted by atomic mass is 10.1. The summed E-state index contributed by atoms with van der Waals surface area (Å²) in [5, 5.41) is 0. The van der Waals surface area contributed by atoms with Crippen molar-refractivity contribution in [3.63, 3.8) is 0 Å². The minimum absolute atomic E-state index is 0.328. The van der Waals surface area contributed by atoms with E-state index >= 15 is 0 Å². The first-order valence-electron chi connectivity index (χ1n) is 4.82. The lowest BCUT2D eigenvalue weighted by molar-refractivity contribution is 0.0595. The van der Waals surface area contributed by atoms with Gasteiger partial charge in [0.25, 0.3) is 0 Å². The van der Waals surface area contributed by atoms with Crippen molar-refractivity contribution >= 4 is 5.97 Å². The van der Waals surface area contributed by atoms with Gasteiger partial charge in [-0.05, 0) is 0 Å². The Kier molecular flexibility index (Phi) is 2.85. The van der Waals surface area contributed by atoms with Crippen LogP contribution in [0.1, 0.15) is 10.4 Å². The Morgan fingerprint density at radius 1 is 1.19 bits per heavy atom. The molecular formula is C11H12O5. The second kappa shape index (κ2) is 4.30. The average molecular weight is 224 g/mol. The molecule has 0 saturated carbocycles. The van der Waals surface area contributed by atoms with Crippen molar-refractivity contribution in [2.24, 2.45) is 0 Å². The maximum atomic E-state index is 11.5. The van der Waals surface area contributed by atoms with E-state index < -0.39 is 5.97 Å². The van der Waals surface area contributed by atoms with E-state index in [1.54, 1.807) is 12.1 Å². The molecule has 1 aromatic rings. The smallest absolute Gasteiger partial charge is 0.341 e. The summed E-state index contributed by atoms with van der Waals surface area (Å²) in [5.41, 5.74) is 0.328. The Morgan fingerprint density at radius 3 is 2.38 bits per heavy atom. The molecule has 0 spiro atoms. The van der Waals surface area contributed by atoms with E-state index in [2.05, 4.69) is 4.74 Å². The fourth-order valence-corrected chi connectivity index (χ4v) is 1.51. The molecule has 0 saturated heterocycles. The van der Waals surface area contributed by atoms with Crippen LogP contribution in [0.5, 0.6) is 17.2 Å². The third-order valence-electron chi connectivity index (χ3n) is 2.27. The summed E-state index contributed by atoms with van der Waals surface area (Å²) in [6.45, 7) is 0.966. The molecule has 0 fully saturated rings. The normalized spacial score (nSPS) is 13.1. The number of hydrogen-bond acceptors (Lipinski definition) is 5. The van der Waals surface area contributed by atoms with E-state index in [1.807, 2.05) is 0 Å². The Hall–Kier alpha value is -1.91. The van der Waals surface area contributed by atoms with Crippen LogP contribution in [0.2, 0.25) is 0 Å². The van der Waals surface area contributed by atoms with Gasteiger partial charge in [0.15, 0.2) is 11.5 Å². The minimum Gasteiger partial charge on any atom is -0.496 e. The van der Waals surface area contributed by atoms with Gasteiger partial charge in [0, 0.05) is 12.1 Å². The Labute approximate surface area is 92.9 Å². The summed E-state index contributed by atoms with van der Waals surface area (Å²) in [4.78, 5) is 11.5. The highest BCUT2D eigenvalue weighted by Gasteiger charge is 2.20. The van der Waals surface area contributed by atoms with Gasteiger partial charge < -0.3 is 18.9 Å². The SMILES string of the molecule is COC(=O)c1cc2c(cc1OC)OCCO2. The first-order valence-corrected chi connectivity index (χ1v) is 4.82. The number of rotatable bonds is 2. The van der Waals surface area contributed by atoms with Gasteiger partial charge in [0.2, 0.25) is 0 Å². The van der Waals surface area contributed by atoms with Crippen LogP contribution >= 0.6 is 0 Å². The molecule has 5 heteroatoms. The number of methoxy groups -OCH3 is 2. The van der Waals surface area contributed by atoms with Crippen molar-refractivity contribution in [2.75, 3.05) is 27.4 Å². The van der Waals surface area contributed by atoms with Crippen molar-refractivity contribution in [2.45, 2.75) is 0 Å². The summed E-state index contributed by atoms with van der Waals surface area (Å²) in [7, 11) is 2.80. The van der Waals surface area contributed by atoms with Gasteiger partial charge in [0.05, 0.1) is 14.2 Å². The molecule has 0 radical (unpaired) electrons. The van der Waals surface area contributed by atoms with Gasteiger partial charge in [0.1, 0.15) is 24.5 Å². The molecule has 5 nitrogen and oxygen atoms in total. The summed E-state index contributed by atoms with van der Waals surface area (Å²) in [6.07, 6.45) is 0. The van der Waals surface area contributed by atoms with Crippen LogP contribution in [0.3, 0.4) is 0 Å². The van der Waals surface area contributed by atoms with E-state index in [9.17, 15) is 4.79 Å². The standard InChI is InChI=1S/C11H12O5/c1-13-8-6-10-9(15-3-4-16-10)5-7(8)11(12)14-2/h5-6H,3-4H2,1-2H3. The molecule has 0 N–H and O–H groups in total. The third-order valence-corrected chi connectivity index (χ3v) is 2.27. The van der Waals surface area contributed by atoms with Gasteiger partial charge in [-0.1, -0.05) is 0 Å². The third kappa shape index (κ3) is 1.76. The zero-order valence-corrected chi connectivity index (χ0v) is 9.11. The van der Waals surface area contributed by atoms with Crippen LogP contribution in [0.15, 0.2) is 12.1 Å². The summed E-state index contributed by atoms with van der Waals surface area (Å²) in [6, 6.07) is 3.19. The molecule has 1 heterocycles. The highest BCUT2D eigenvalue weighted by atomic mass is 16.6. The van der Waals surface area contributed by atoms with E-state index in [0.29, 0.717) is 36.0 Å². The van der Waals surface area contributed by atoms with Gasteiger partial charge in [-0.2, -0.15) is 0 Å². The molecule has 1 aliphatic heterocycles. The van der Waals surface area contributed by atoms with Gasteiger partial charge in [-0.15, -0.1) is 0 Å². The number of fused-ring (bicyclic) bond motifs is 1. The Balaban J connectivity index is 2.47. The highest BCUT2D eigenvalue weighted by molar-refractivity contribution is 5.93. The van der Waals surface area contributed by atoms with Crippen LogP contribution < -0.4 is 14.2 Å². The number of ether oxygens (including phenoxy) is 4. The quantitative estimate of drug-likeness (QED) is 0.708. The largest absolute Gasteiger partial charge is 0.496 e. The first kappa shape index (κ1) is 10.6. The molecule has 16 heavy (non-hydrogen) atoms. The molecule has 0 atom stereocenters. The van der Waals surface area contributed by atoms with Crippen molar-refractivity contribution in [3.8, 4) is 17.2 Å². The number of carbonyl (C=O) groups excluding carboxylic acids is 1. The molecular weight excluding hydrogens is 212 g/mol. The predicted octanol–water partition coefficient (Wildman–Crippen LogP) is 1.25. The maximum absolute atomic E-state index is 11.5. The highest BCUT2D eigenvalue weighted by Crippen LogP contribution is 2.36. The Morgan fingerprint density at radius 2 is 1.81 bits per heavy atom. The number of esters is 1. The predicted molar refractivity (Wildman–Crippen MR) is 55.3 cm³/mol. The molecule has 2 rings (SSSR count). The van der Waals surface area contributed by atoms with E-state index in [1.165, 1.54) is 14.2 Å². The van der Waals surface area contributed by atoms with Crippen LogP contribution in [-0.4, -0.2) is 33.4 Å². The van der Waals surface area contributed by atoms with E-state index in [0.717, 1.165) is 0 Å². The fraction of sp³-hybridized carbons (Fsp3) is 0.364. The number of hydrogen-bond donors (Lipinski definition) is 0.